The quantitative estimate of drug-likeness (QED) is 0.760. The molecule has 1 rings (SSSR count). The van der Waals surface area contributed by atoms with Crippen LogP contribution in [0.3, 0.4) is 0 Å². The molecular formula is C14H17NO4S. The summed E-state index contributed by atoms with van der Waals surface area (Å²) in [6.07, 6.45) is 1.50. The number of sulfone groups is 1. The molecule has 0 radical (unpaired) electrons. The standard InChI is InChI=1S/C14H17NO4S/c1-20(18,19)10-8-15-14(17)13-7-4-6-12(11-13)5-2-3-9-16/h4,6-7,11,16H,3,8-10H2,1H3,(H,15,17). The molecule has 0 aromatic heterocycles. The Bertz CT molecular complexity index is 626. The van der Waals surface area contributed by atoms with Gasteiger partial charge in [-0.2, -0.15) is 0 Å². The highest BCUT2D eigenvalue weighted by Crippen LogP contribution is 2.04. The van der Waals surface area contributed by atoms with Gasteiger partial charge in [0.25, 0.3) is 5.91 Å². The number of aliphatic hydroxyl groups is 1. The third-order valence-corrected chi connectivity index (χ3v) is 3.30. The summed E-state index contributed by atoms with van der Waals surface area (Å²) in [6.45, 7) is 0.0801. The first-order valence-electron chi connectivity index (χ1n) is 6.08. The molecule has 0 fully saturated rings. The minimum Gasteiger partial charge on any atom is -0.395 e. The van der Waals surface area contributed by atoms with E-state index in [-0.39, 0.29) is 24.8 Å². The van der Waals surface area contributed by atoms with Crippen molar-refractivity contribution in [2.75, 3.05) is 25.2 Å². The highest BCUT2D eigenvalue weighted by molar-refractivity contribution is 7.90. The Kier molecular flexibility index (Phi) is 6.22. The Balaban J connectivity index is 2.65. The van der Waals surface area contributed by atoms with Crippen molar-refractivity contribution >= 4 is 15.7 Å². The van der Waals surface area contributed by atoms with Gasteiger partial charge in [0.15, 0.2) is 0 Å². The minimum absolute atomic E-state index is 0.00132. The molecule has 108 valence electrons. The lowest BCUT2D eigenvalue weighted by molar-refractivity contribution is 0.0956. The third kappa shape index (κ3) is 6.36. The van der Waals surface area contributed by atoms with Crippen LogP contribution in [0.1, 0.15) is 22.3 Å². The van der Waals surface area contributed by atoms with Crippen LogP contribution in [0.5, 0.6) is 0 Å². The normalized spacial score (nSPS) is 10.5. The zero-order valence-electron chi connectivity index (χ0n) is 11.2. The van der Waals surface area contributed by atoms with Gasteiger partial charge in [0.1, 0.15) is 9.84 Å². The zero-order valence-corrected chi connectivity index (χ0v) is 12.0. The highest BCUT2D eigenvalue weighted by atomic mass is 32.2. The number of hydrogen-bond donors (Lipinski definition) is 2. The van der Waals surface area contributed by atoms with Crippen LogP contribution in [0.15, 0.2) is 24.3 Å². The van der Waals surface area contributed by atoms with Gasteiger partial charge in [-0.05, 0) is 18.2 Å². The van der Waals surface area contributed by atoms with Gasteiger partial charge in [-0.15, -0.1) is 0 Å². The van der Waals surface area contributed by atoms with Gasteiger partial charge < -0.3 is 10.4 Å². The summed E-state index contributed by atoms with van der Waals surface area (Å²) in [5.74, 6) is 5.18. The van der Waals surface area contributed by atoms with Gasteiger partial charge in [0, 0.05) is 30.3 Å². The summed E-state index contributed by atoms with van der Waals surface area (Å²) in [7, 11) is -3.09. The Labute approximate surface area is 118 Å². The molecule has 6 heteroatoms. The van der Waals surface area contributed by atoms with Crippen molar-refractivity contribution in [2.24, 2.45) is 0 Å². The number of carbonyl (C=O) groups is 1. The maximum absolute atomic E-state index is 11.8. The molecule has 0 aliphatic heterocycles. The number of carbonyl (C=O) groups excluding carboxylic acids is 1. The molecule has 0 aliphatic rings. The first-order chi connectivity index (χ1) is 9.42. The first-order valence-corrected chi connectivity index (χ1v) is 8.14. The molecule has 20 heavy (non-hydrogen) atoms. The van der Waals surface area contributed by atoms with Gasteiger partial charge >= 0.3 is 0 Å². The second-order valence-electron chi connectivity index (χ2n) is 4.24. The molecule has 0 atom stereocenters. The molecule has 0 aliphatic carbocycles. The van der Waals surface area contributed by atoms with Gasteiger partial charge in [-0.3, -0.25) is 4.79 Å². The lowest BCUT2D eigenvalue weighted by Crippen LogP contribution is -2.28. The minimum atomic E-state index is -3.09. The molecular weight excluding hydrogens is 278 g/mol. The number of hydrogen-bond acceptors (Lipinski definition) is 4. The van der Waals surface area contributed by atoms with E-state index in [2.05, 4.69) is 17.2 Å². The molecule has 0 saturated carbocycles. The zero-order chi connectivity index (χ0) is 15.0. The van der Waals surface area contributed by atoms with E-state index in [9.17, 15) is 13.2 Å². The molecule has 0 bridgehead atoms. The van der Waals surface area contributed by atoms with E-state index >= 15 is 0 Å². The van der Waals surface area contributed by atoms with Crippen molar-refractivity contribution in [3.63, 3.8) is 0 Å². The second kappa shape index (κ2) is 7.68. The summed E-state index contributed by atoms with van der Waals surface area (Å²) in [5, 5.41) is 11.2. The number of rotatable bonds is 5. The summed E-state index contributed by atoms with van der Waals surface area (Å²) in [4.78, 5) is 11.8. The van der Waals surface area contributed by atoms with Gasteiger partial charge in [-0.1, -0.05) is 17.9 Å². The number of benzene rings is 1. The summed E-state index contributed by atoms with van der Waals surface area (Å²) in [5.41, 5.74) is 1.10. The predicted molar refractivity (Wildman–Crippen MR) is 77.1 cm³/mol. The van der Waals surface area contributed by atoms with E-state index in [1.54, 1.807) is 24.3 Å². The van der Waals surface area contributed by atoms with Crippen LogP contribution in [0.25, 0.3) is 0 Å². The lowest BCUT2D eigenvalue weighted by Gasteiger charge is -2.04. The molecule has 0 unspecified atom stereocenters. The largest absolute Gasteiger partial charge is 0.395 e. The van der Waals surface area contributed by atoms with Crippen LogP contribution < -0.4 is 5.32 Å². The van der Waals surface area contributed by atoms with E-state index in [0.29, 0.717) is 17.5 Å². The van der Waals surface area contributed by atoms with Crippen LogP contribution in [-0.2, 0) is 9.84 Å². The van der Waals surface area contributed by atoms with E-state index in [1.807, 2.05) is 0 Å². The van der Waals surface area contributed by atoms with E-state index in [1.165, 1.54) is 0 Å². The molecule has 0 spiro atoms. The Morgan fingerprint density at radius 3 is 2.80 bits per heavy atom. The molecule has 1 amide bonds. The molecule has 2 N–H and O–H groups in total. The monoisotopic (exact) mass is 295 g/mol. The van der Waals surface area contributed by atoms with Crippen molar-refractivity contribution in [2.45, 2.75) is 6.42 Å². The van der Waals surface area contributed by atoms with Crippen LogP contribution >= 0.6 is 0 Å². The van der Waals surface area contributed by atoms with Crippen molar-refractivity contribution in [1.29, 1.82) is 0 Å². The van der Waals surface area contributed by atoms with Gasteiger partial charge in [0.05, 0.1) is 12.4 Å². The smallest absolute Gasteiger partial charge is 0.251 e. The maximum Gasteiger partial charge on any atom is 0.251 e. The topological polar surface area (TPSA) is 83.5 Å². The summed E-state index contributed by atoms with van der Waals surface area (Å²) in [6, 6.07) is 6.72. The number of amides is 1. The van der Waals surface area contributed by atoms with E-state index in [0.717, 1.165) is 6.26 Å². The molecule has 5 nitrogen and oxygen atoms in total. The Hall–Kier alpha value is -1.84. The fourth-order valence-corrected chi connectivity index (χ4v) is 1.88. The van der Waals surface area contributed by atoms with Crippen LogP contribution in [0.2, 0.25) is 0 Å². The fraction of sp³-hybridized carbons (Fsp3) is 0.357. The van der Waals surface area contributed by atoms with Crippen LogP contribution in [-0.4, -0.2) is 44.6 Å². The average Bonchev–Trinajstić information content (AvgIpc) is 2.38. The fourth-order valence-electron chi connectivity index (χ4n) is 1.41. The number of nitrogens with one attached hydrogen (secondary N) is 1. The predicted octanol–water partition coefficient (Wildman–Crippen LogP) is 0.195. The SMILES string of the molecule is CS(=O)(=O)CCNC(=O)c1cccc(C#CCCO)c1. The number of aliphatic hydroxyl groups excluding tert-OH is 1. The second-order valence-corrected chi connectivity index (χ2v) is 6.50. The van der Waals surface area contributed by atoms with Crippen molar-refractivity contribution in [3.8, 4) is 11.8 Å². The third-order valence-electron chi connectivity index (χ3n) is 2.35. The summed E-state index contributed by atoms with van der Waals surface area (Å²) < 4.78 is 21.9. The Morgan fingerprint density at radius 2 is 2.15 bits per heavy atom. The van der Waals surface area contributed by atoms with Gasteiger partial charge in [0.2, 0.25) is 0 Å². The highest BCUT2D eigenvalue weighted by Gasteiger charge is 2.07. The first kappa shape index (κ1) is 16.2. The van der Waals surface area contributed by atoms with Crippen LogP contribution in [0, 0.1) is 11.8 Å². The van der Waals surface area contributed by atoms with Crippen molar-refractivity contribution in [1.82, 2.24) is 5.32 Å². The molecule has 1 aromatic carbocycles. The van der Waals surface area contributed by atoms with E-state index < -0.39 is 9.84 Å². The molecule has 0 saturated heterocycles. The Morgan fingerprint density at radius 1 is 1.40 bits per heavy atom. The lowest BCUT2D eigenvalue weighted by atomic mass is 10.1. The average molecular weight is 295 g/mol. The molecule has 1 aromatic rings. The van der Waals surface area contributed by atoms with Gasteiger partial charge in [-0.25, -0.2) is 8.42 Å². The molecule has 0 heterocycles. The maximum atomic E-state index is 11.8. The van der Waals surface area contributed by atoms with Crippen molar-refractivity contribution in [3.05, 3.63) is 35.4 Å². The van der Waals surface area contributed by atoms with Crippen LogP contribution in [0.4, 0.5) is 0 Å². The van der Waals surface area contributed by atoms with Crippen molar-refractivity contribution < 1.29 is 18.3 Å². The summed E-state index contributed by atoms with van der Waals surface area (Å²) >= 11 is 0. The van der Waals surface area contributed by atoms with E-state index in [4.69, 9.17) is 5.11 Å².